The molecule has 3 rings (SSSR count). The Morgan fingerprint density at radius 2 is 2.07 bits per heavy atom. The van der Waals surface area contributed by atoms with Gasteiger partial charge in [-0.1, -0.05) is 19.4 Å². The fourth-order valence-electron chi connectivity index (χ4n) is 4.65. The van der Waals surface area contributed by atoms with Crippen LogP contribution in [0.15, 0.2) is 18.2 Å². The first-order valence-corrected chi connectivity index (χ1v) is 9.86. The number of methoxy groups -OCH3 is 2. The summed E-state index contributed by atoms with van der Waals surface area (Å²) in [6.45, 7) is 3.48. The molecule has 154 valence electrons. The molecule has 2 aliphatic rings. The lowest BCUT2D eigenvalue weighted by atomic mass is 9.81. The maximum absolute atomic E-state index is 12.6. The van der Waals surface area contributed by atoms with Crippen LogP contribution in [0.25, 0.3) is 0 Å². The quantitative estimate of drug-likeness (QED) is 0.747. The molecule has 1 saturated heterocycles. The molecule has 3 atom stereocenters. The summed E-state index contributed by atoms with van der Waals surface area (Å²) in [4.78, 5) is 26.0. The Bertz CT molecular complexity index is 738. The van der Waals surface area contributed by atoms with Crippen LogP contribution in [0.5, 0.6) is 11.5 Å². The van der Waals surface area contributed by atoms with Gasteiger partial charge in [0.05, 0.1) is 19.6 Å². The zero-order valence-corrected chi connectivity index (χ0v) is 16.9. The van der Waals surface area contributed by atoms with Crippen molar-refractivity contribution in [3.8, 4) is 11.5 Å². The van der Waals surface area contributed by atoms with Crippen molar-refractivity contribution in [1.29, 1.82) is 0 Å². The number of ether oxygens (including phenoxy) is 2. The summed E-state index contributed by atoms with van der Waals surface area (Å²) in [6, 6.07) is 5.68. The highest BCUT2D eigenvalue weighted by Crippen LogP contribution is 2.48. The molecule has 2 N–H and O–H groups in total. The second-order valence-electron chi connectivity index (χ2n) is 8.12. The number of carbonyl (C=O) groups is 2. The third-order valence-electron chi connectivity index (χ3n) is 6.22. The molecule has 28 heavy (non-hydrogen) atoms. The van der Waals surface area contributed by atoms with Crippen molar-refractivity contribution in [1.82, 2.24) is 10.2 Å². The molecule has 7 heteroatoms. The van der Waals surface area contributed by atoms with Crippen LogP contribution in [-0.4, -0.2) is 55.9 Å². The normalized spacial score (nSPS) is 24.5. The largest absolute Gasteiger partial charge is 0.493 e. The number of carboxylic acids is 1. The average Bonchev–Trinajstić information content (AvgIpc) is 3.24. The van der Waals surface area contributed by atoms with E-state index in [1.54, 1.807) is 19.1 Å². The first-order valence-electron chi connectivity index (χ1n) is 9.86. The summed E-state index contributed by atoms with van der Waals surface area (Å²) in [5.74, 6) is 0.947. The molecular formula is C21H30N2O5. The Balaban J connectivity index is 1.52. The minimum absolute atomic E-state index is 0.0833. The predicted molar refractivity (Wildman–Crippen MR) is 105 cm³/mol. The number of benzene rings is 1. The second-order valence-corrected chi connectivity index (χ2v) is 8.12. The van der Waals surface area contributed by atoms with Crippen LogP contribution in [-0.2, 0) is 11.2 Å². The van der Waals surface area contributed by atoms with Crippen molar-refractivity contribution in [2.24, 2.45) is 17.3 Å². The molecule has 1 aliphatic carbocycles. The number of amides is 2. The van der Waals surface area contributed by atoms with Crippen LogP contribution in [0, 0.1) is 17.3 Å². The van der Waals surface area contributed by atoms with Crippen molar-refractivity contribution < 1.29 is 24.2 Å². The van der Waals surface area contributed by atoms with E-state index in [0.717, 1.165) is 24.8 Å². The number of hydrogen-bond acceptors (Lipinski definition) is 4. The summed E-state index contributed by atoms with van der Waals surface area (Å²) >= 11 is 0. The van der Waals surface area contributed by atoms with Gasteiger partial charge in [0, 0.05) is 19.6 Å². The number of hydrogen-bond donors (Lipinski definition) is 2. The van der Waals surface area contributed by atoms with E-state index in [0.29, 0.717) is 37.6 Å². The first-order chi connectivity index (χ1) is 13.4. The molecule has 1 heterocycles. The van der Waals surface area contributed by atoms with E-state index in [-0.39, 0.29) is 17.9 Å². The fraction of sp³-hybridized carbons (Fsp3) is 0.619. The zero-order valence-electron chi connectivity index (χ0n) is 16.9. The molecule has 1 unspecified atom stereocenters. The van der Waals surface area contributed by atoms with Crippen LogP contribution < -0.4 is 14.8 Å². The topological polar surface area (TPSA) is 88.1 Å². The Hall–Kier alpha value is -2.44. The average molecular weight is 390 g/mol. The van der Waals surface area contributed by atoms with Crippen LogP contribution in [0.3, 0.4) is 0 Å². The van der Waals surface area contributed by atoms with Gasteiger partial charge >= 0.3 is 12.0 Å². The van der Waals surface area contributed by atoms with E-state index in [1.807, 2.05) is 18.2 Å². The SMILES string of the molecule is COc1ccc(CC(C)CNC(=O)N2C[C@@H]3CCC[C@@]3(C(=O)O)C2)cc1OC. The van der Waals surface area contributed by atoms with E-state index in [2.05, 4.69) is 12.2 Å². The van der Waals surface area contributed by atoms with Gasteiger partial charge in [0.2, 0.25) is 0 Å². The highest BCUT2D eigenvalue weighted by atomic mass is 16.5. The molecular weight excluding hydrogens is 360 g/mol. The summed E-state index contributed by atoms with van der Waals surface area (Å²) in [6.07, 6.45) is 3.30. The lowest BCUT2D eigenvalue weighted by Crippen LogP contribution is -2.43. The van der Waals surface area contributed by atoms with E-state index in [9.17, 15) is 14.7 Å². The van der Waals surface area contributed by atoms with Crippen LogP contribution in [0.4, 0.5) is 4.79 Å². The monoisotopic (exact) mass is 390 g/mol. The number of carbonyl (C=O) groups excluding carboxylic acids is 1. The van der Waals surface area contributed by atoms with E-state index < -0.39 is 11.4 Å². The van der Waals surface area contributed by atoms with Crippen LogP contribution in [0.1, 0.15) is 31.7 Å². The van der Waals surface area contributed by atoms with Gasteiger partial charge in [0.15, 0.2) is 11.5 Å². The van der Waals surface area contributed by atoms with E-state index in [4.69, 9.17) is 9.47 Å². The highest BCUT2D eigenvalue weighted by Gasteiger charge is 2.55. The number of nitrogens with zero attached hydrogens (tertiary/aromatic N) is 1. The Kier molecular flexibility index (Phi) is 6.01. The smallest absolute Gasteiger partial charge is 0.317 e. The van der Waals surface area contributed by atoms with Gasteiger partial charge < -0.3 is 24.8 Å². The Labute approximate surface area is 166 Å². The number of nitrogens with one attached hydrogen (secondary N) is 1. The summed E-state index contributed by atoms with van der Waals surface area (Å²) in [5.41, 5.74) is 0.378. The second kappa shape index (κ2) is 8.29. The molecule has 2 fully saturated rings. The molecule has 1 aromatic carbocycles. The van der Waals surface area contributed by atoms with Crippen LogP contribution >= 0.6 is 0 Å². The van der Waals surface area contributed by atoms with Crippen molar-refractivity contribution in [2.45, 2.75) is 32.6 Å². The fourth-order valence-corrected chi connectivity index (χ4v) is 4.65. The van der Waals surface area contributed by atoms with Gasteiger partial charge in [-0.25, -0.2) is 4.79 Å². The van der Waals surface area contributed by atoms with Gasteiger partial charge in [-0.15, -0.1) is 0 Å². The molecule has 2 amide bonds. The number of urea groups is 1. The lowest BCUT2D eigenvalue weighted by molar-refractivity contribution is -0.149. The number of rotatable bonds is 7. The highest BCUT2D eigenvalue weighted by molar-refractivity contribution is 5.80. The Morgan fingerprint density at radius 1 is 1.32 bits per heavy atom. The van der Waals surface area contributed by atoms with Gasteiger partial charge in [0.25, 0.3) is 0 Å². The molecule has 7 nitrogen and oxygen atoms in total. The van der Waals surface area contributed by atoms with Crippen LogP contribution in [0.2, 0.25) is 0 Å². The standard InChI is InChI=1S/C21H30N2O5/c1-14(9-15-6-7-17(27-2)18(10-15)28-3)11-22-20(26)23-12-16-5-4-8-21(16,13-23)19(24)25/h6-7,10,14,16H,4-5,8-9,11-13H2,1-3H3,(H,22,26)(H,24,25)/t14?,16-,21+/m0/s1. The lowest BCUT2D eigenvalue weighted by Gasteiger charge is -2.24. The van der Waals surface area contributed by atoms with Crippen molar-refractivity contribution in [3.05, 3.63) is 23.8 Å². The number of aliphatic carboxylic acids is 1. The number of carboxylic acid groups (broad SMARTS) is 1. The van der Waals surface area contributed by atoms with Gasteiger partial charge in [-0.05, 0) is 48.8 Å². The molecule has 1 aliphatic heterocycles. The van der Waals surface area contributed by atoms with Gasteiger partial charge in [-0.3, -0.25) is 4.79 Å². The minimum Gasteiger partial charge on any atom is -0.493 e. The molecule has 0 spiro atoms. The Morgan fingerprint density at radius 3 is 2.71 bits per heavy atom. The molecule has 0 aromatic heterocycles. The van der Waals surface area contributed by atoms with Gasteiger partial charge in [0.1, 0.15) is 0 Å². The molecule has 1 saturated carbocycles. The van der Waals surface area contributed by atoms with E-state index >= 15 is 0 Å². The summed E-state index contributed by atoms with van der Waals surface area (Å²) in [7, 11) is 3.22. The van der Waals surface area contributed by atoms with Gasteiger partial charge in [-0.2, -0.15) is 0 Å². The maximum atomic E-state index is 12.6. The predicted octanol–water partition coefficient (Wildman–Crippen LogP) is 2.78. The third kappa shape index (κ3) is 3.88. The summed E-state index contributed by atoms with van der Waals surface area (Å²) in [5, 5.41) is 12.6. The minimum atomic E-state index is -0.757. The number of fused-ring (bicyclic) bond motifs is 1. The molecule has 1 aromatic rings. The zero-order chi connectivity index (χ0) is 20.3. The van der Waals surface area contributed by atoms with Crippen molar-refractivity contribution in [2.75, 3.05) is 33.9 Å². The third-order valence-corrected chi connectivity index (χ3v) is 6.22. The first kappa shape index (κ1) is 20.3. The van der Waals surface area contributed by atoms with E-state index in [1.165, 1.54) is 0 Å². The summed E-state index contributed by atoms with van der Waals surface area (Å²) < 4.78 is 10.6. The molecule has 0 bridgehead atoms. The van der Waals surface area contributed by atoms with Crippen molar-refractivity contribution >= 4 is 12.0 Å². The van der Waals surface area contributed by atoms with Crippen molar-refractivity contribution in [3.63, 3.8) is 0 Å². The molecule has 0 radical (unpaired) electrons. The number of likely N-dealkylation sites (tertiary alicyclic amines) is 1. The maximum Gasteiger partial charge on any atom is 0.317 e.